The quantitative estimate of drug-likeness (QED) is 0.349. The van der Waals surface area contributed by atoms with E-state index in [1.54, 1.807) is 0 Å². The van der Waals surface area contributed by atoms with Crippen LogP contribution in [0.3, 0.4) is 0 Å². The first kappa shape index (κ1) is 10.0. The van der Waals surface area contributed by atoms with Crippen molar-refractivity contribution in [3.05, 3.63) is 0 Å². The minimum Gasteiger partial charge on any atom is -1.00 e. The first-order chi connectivity index (χ1) is 2.41. The van der Waals surface area contributed by atoms with Gasteiger partial charge in [-0.25, -0.2) is 0 Å². The molecule has 0 aliphatic rings. The molecule has 2 nitrogen and oxygen atoms in total. The van der Waals surface area contributed by atoms with E-state index in [-0.39, 0.29) is 31.0 Å². The fourth-order valence-electron chi connectivity index (χ4n) is 0.144. The molecule has 0 radical (unpaired) electrons. The first-order valence-corrected chi connectivity index (χ1v) is 1.76. The van der Waals surface area contributed by atoms with E-state index in [4.69, 9.17) is 5.73 Å². The SMILES string of the molecule is CNCCN.[H-].[Na+]. The van der Waals surface area contributed by atoms with E-state index in [1.165, 1.54) is 0 Å². The maximum atomic E-state index is 5.08. The molecule has 0 amide bonds. The van der Waals surface area contributed by atoms with Gasteiger partial charge in [0.15, 0.2) is 0 Å². The Labute approximate surface area is 62.3 Å². The molecule has 6 heavy (non-hydrogen) atoms. The molecule has 0 rings (SSSR count). The van der Waals surface area contributed by atoms with Crippen molar-refractivity contribution in [2.45, 2.75) is 0 Å². The Bertz CT molecular complexity index is 20.4. The van der Waals surface area contributed by atoms with Crippen LogP contribution in [0.4, 0.5) is 0 Å². The summed E-state index contributed by atoms with van der Waals surface area (Å²) in [6.07, 6.45) is 0. The molecule has 0 bridgehead atoms. The van der Waals surface area contributed by atoms with Gasteiger partial charge in [0, 0.05) is 13.1 Å². The fourth-order valence-corrected chi connectivity index (χ4v) is 0.144. The molecule has 0 aliphatic heterocycles. The summed E-state index contributed by atoms with van der Waals surface area (Å²) in [5, 5.41) is 2.89. The predicted molar refractivity (Wildman–Crippen MR) is 24.1 cm³/mol. The van der Waals surface area contributed by atoms with Crippen LogP contribution < -0.4 is 40.6 Å². The Balaban J connectivity index is -0.0000000800. The maximum Gasteiger partial charge on any atom is 1.00 e. The van der Waals surface area contributed by atoms with Crippen molar-refractivity contribution in [1.29, 1.82) is 0 Å². The van der Waals surface area contributed by atoms with Crippen molar-refractivity contribution in [1.82, 2.24) is 5.32 Å². The van der Waals surface area contributed by atoms with Crippen LogP contribution in [0.25, 0.3) is 0 Å². The maximum absolute atomic E-state index is 5.08. The van der Waals surface area contributed by atoms with Gasteiger partial charge in [-0.3, -0.25) is 0 Å². The molecule has 0 atom stereocenters. The van der Waals surface area contributed by atoms with E-state index in [9.17, 15) is 0 Å². The third-order valence-corrected chi connectivity index (χ3v) is 0.394. The predicted octanol–water partition coefficient (Wildman–Crippen LogP) is -3.72. The van der Waals surface area contributed by atoms with Gasteiger partial charge in [0.05, 0.1) is 0 Å². The zero-order valence-corrected chi connectivity index (χ0v) is 6.49. The first-order valence-electron chi connectivity index (χ1n) is 1.76. The Morgan fingerprint density at radius 1 is 1.83 bits per heavy atom. The molecular formula is C3H11N2Na. The summed E-state index contributed by atoms with van der Waals surface area (Å²) in [5.74, 6) is 0. The van der Waals surface area contributed by atoms with Gasteiger partial charge < -0.3 is 12.5 Å². The van der Waals surface area contributed by atoms with Gasteiger partial charge in [-0.1, -0.05) is 0 Å². The third kappa shape index (κ3) is 8.87. The van der Waals surface area contributed by atoms with Crippen molar-refractivity contribution in [3.63, 3.8) is 0 Å². The number of hydrogen-bond acceptors (Lipinski definition) is 2. The van der Waals surface area contributed by atoms with Crippen LogP contribution in [-0.4, -0.2) is 20.1 Å². The van der Waals surface area contributed by atoms with Gasteiger partial charge in [-0.2, -0.15) is 0 Å². The van der Waals surface area contributed by atoms with E-state index in [0.29, 0.717) is 0 Å². The molecule has 0 aromatic rings. The summed E-state index contributed by atoms with van der Waals surface area (Å²) in [6, 6.07) is 0. The summed E-state index contributed by atoms with van der Waals surface area (Å²) < 4.78 is 0. The Kier molecular flexibility index (Phi) is 15.6. The monoisotopic (exact) mass is 98.1 g/mol. The summed E-state index contributed by atoms with van der Waals surface area (Å²) in [6.45, 7) is 1.65. The van der Waals surface area contributed by atoms with Crippen molar-refractivity contribution < 1.29 is 31.0 Å². The summed E-state index contributed by atoms with van der Waals surface area (Å²) >= 11 is 0. The van der Waals surface area contributed by atoms with Crippen LogP contribution in [0.15, 0.2) is 0 Å². The van der Waals surface area contributed by atoms with Gasteiger partial charge in [0.1, 0.15) is 0 Å². The molecule has 34 valence electrons. The summed E-state index contributed by atoms with van der Waals surface area (Å²) in [4.78, 5) is 0. The molecule has 0 spiro atoms. The van der Waals surface area contributed by atoms with E-state index in [0.717, 1.165) is 13.1 Å². The topological polar surface area (TPSA) is 38.0 Å². The van der Waals surface area contributed by atoms with E-state index < -0.39 is 0 Å². The number of likely N-dealkylation sites (N-methyl/N-ethyl adjacent to an activating group) is 1. The number of nitrogens with two attached hydrogens (primary N) is 1. The largest absolute Gasteiger partial charge is 1.00 e. The van der Waals surface area contributed by atoms with Crippen molar-refractivity contribution in [3.8, 4) is 0 Å². The van der Waals surface area contributed by atoms with Gasteiger partial charge in [0.25, 0.3) is 0 Å². The summed E-state index contributed by atoms with van der Waals surface area (Å²) in [5.41, 5.74) is 5.08. The molecule has 0 aliphatic carbocycles. The Morgan fingerprint density at radius 2 is 2.33 bits per heavy atom. The summed E-state index contributed by atoms with van der Waals surface area (Å²) in [7, 11) is 1.88. The molecule has 0 unspecified atom stereocenters. The van der Waals surface area contributed by atoms with Crippen LogP contribution in [0.2, 0.25) is 0 Å². The second kappa shape index (κ2) is 9.33. The van der Waals surface area contributed by atoms with Crippen molar-refractivity contribution in [2.24, 2.45) is 5.73 Å². The average Bonchev–Trinajstić information content (AvgIpc) is 1.41. The minimum atomic E-state index is 0. The third-order valence-electron chi connectivity index (χ3n) is 0.394. The van der Waals surface area contributed by atoms with Crippen LogP contribution in [0.1, 0.15) is 1.43 Å². The fraction of sp³-hybridized carbons (Fsp3) is 1.00. The zero-order chi connectivity index (χ0) is 4.12. The molecule has 0 saturated heterocycles. The molecular weight excluding hydrogens is 87.0 g/mol. The van der Waals surface area contributed by atoms with Gasteiger partial charge in [-0.15, -0.1) is 0 Å². The Morgan fingerprint density at radius 3 is 2.33 bits per heavy atom. The normalized spacial score (nSPS) is 7.00. The molecule has 0 aromatic carbocycles. The van der Waals surface area contributed by atoms with Crippen molar-refractivity contribution in [2.75, 3.05) is 20.1 Å². The van der Waals surface area contributed by atoms with Gasteiger partial charge in [-0.05, 0) is 7.05 Å². The second-order valence-electron chi connectivity index (χ2n) is 0.892. The van der Waals surface area contributed by atoms with Crippen LogP contribution in [0.5, 0.6) is 0 Å². The Hall–Kier alpha value is 0.920. The van der Waals surface area contributed by atoms with Crippen LogP contribution >= 0.6 is 0 Å². The van der Waals surface area contributed by atoms with Crippen molar-refractivity contribution >= 4 is 0 Å². The minimum absolute atomic E-state index is 0. The molecule has 0 saturated carbocycles. The van der Waals surface area contributed by atoms with Gasteiger partial charge >= 0.3 is 29.6 Å². The number of nitrogens with one attached hydrogen (secondary N) is 1. The van der Waals surface area contributed by atoms with E-state index >= 15 is 0 Å². The van der Waals surface area contributed by atoms with E-state index in [2.05, 4.69) is 5.32 Å². The van der Waals surface area contributed by atoms with Gasteiger partial charge in [0.2, 0.25) is 0 Å². The van der Waals surface area contributed by atoms with Crippen LogP contribution in [0, 0.1) is 0 Å². The van der Waals surface area contributed by atoms with Crippen LogP contribution in [-0.2, 0) is 0 Å². The molecule has 0 heterocycles. The molecule has 0 aromatic heterocycles. The molecule has 0 fully saturated rings. The molecule has 3 N–H and O–H groups in total. The second-order valence-corrected chi connectivity index (χ2v) is 0.892. The standard InChI is InChI=1S/C3H10N2.Na.H/c1-5-3-2-4;;/h5H,2-4H2,1H3;;/q;+1;-1. The van der Waals surface area contributed by atoms with E-state index in [1.807, 2.05) is 7.05 Å². The smallest absolute Gasteiger partial charge is 1.00 e. The average molecular weight is 98.1 g/mol. The molecule has 3 heteroatoms. The number of rotatable bonds is 2. The number of hydrogen-bond donors (Lipinski definition) is 2. The zero-order valence-electron chi connectivity index (χ0n) is 5.49.